The van der Waals surface area contributed by atoms with Gasteiger partial charge in [-0.25, -0.2) is 29.6 Å². The minimum Gasteiger partial charge on any atom is -0.383 e. The molecule has 0 spiro atoms. The highest BCUT2D eigenvalue weighted by Gasteiger charge is 2.26. The van der Waals surface area contributed by atoms with Crippen molar-refractivity contribution in [2.45, 2.75) is 18.9 Å². The minimum atomic E-state index is -0.192. The Balaban J connectivity index is 1.33. The van der Waals surface area contributed by atoms with Crippen LogP contribution in [0, 0.1) is 0 Å². The summed E-state index contributed by atoms with van der Waals surface area (Å²) in [5.41, 5.74) is 12.0. The predicted octanol–water partition coefficient (Wildman–Crippen LogP) is 3.46. The highest BCUT2D eigenvalue weighted by atomic mass is 16.1. The number of hydrogen-bond donors (Lipinski definition) is 2. The fourth-order valence-electron chi connectivity index (χ4n) is 5.06. The van der Waals surface area contributed by atoms with E-state index in [9.17, 15) is 4.79 Å². The summed E-state index contributed by atoms with van der Waals surface area (Å²) in [6.07, 6.45) is 11.3. The molecule has 7 rings (SSSR count). The van der Waals surface area contributed by atoms with Crippen LogP contribution < -0.4 is 11.1 Å². The number of rotatable bonds is 5. The summed E-state index contributed by atoms with van der Waals surface area (Å²) in [4.78, 5) is 34.7. The first kappa shape index (κ1) is 22.7. The fourth-order valence-corrected chi connectivity index (χ4v) is 5.06. The van der Waals surface area contributed by atoms with Crippen molar-refractivity contribution in [3.8, 4) is 22.9 Å². The second-order valence-corrected chi connectivity index (χ2v) is 9.24. The van der Waals surface area contributed by atoms with Crippen molar-refractivity contribution in [3.63, 3.8) is 0 Å². The standard InChI is InChI=1S/C28H22N10O/c29-25-21(3-1-10-32-25)26-34-23-8-9-24(37-12-2-11-33-37)36-27(23)38(26)19-5-6-20-17(13-19)4-7-22(20)35-28(39)18-14-30-16-31-15-18/h1-3,5-6,8-16,22H,4,7H2,(H2,29,32)(H,35,39)/t22-/m0/s1. The van der Waals surface area contributed by atoms with Gasteiger partial charge in [-0.15, -0.1) is 0 Å². The number of anilines is 1. The Labute approximate surface area is 222 Å². The van der Waals surface area contributed by atoms with Crippen molar-refractivity contribution in [3.05, 3.63) is 103 Å². The molecule has 1 aliphatic carbocycles. The molecule has 3 N–H and O–H groups in total. The zero-order valence-electron chi connectivity index (χ0n) is 20.6. The number of imidazole rings is 1. The van der Waals surface area contributed by atoms with Crippen molar-refractivity contribution in [2.75, 3.05) is 5.73 Å². The van der Waals surface area contributed by atoms with Gasteiger partial charge in [0.25, 0.3) is 5.91 Å². The molecule has 39 heavy (non-hydrogen) atoms. The summed E-state index contributed by atoms with van der Waals surface area (Å²) >= 11 is 0. The number of fused-ring (bicyclic) bond motifs is 2. The van der Waals surface area contributed by atoms with Crippen molar-refractivity contribution in [2.24, 2.45) is 0 Å². The maximum Gasteiger partial charge on any atom is 0.254 e. The van der Waals surface area contributed by atoms with Gasteiger partial charge in [0.1, 0.15) is 17.7 Å². The number of carbonyl (C=O) groups excluding carboxylic acids is 1. The molecule has 0 fully saturated rings. The Morgan fingerprint density at radius 3 is 2.74 bits per heavy atom. The second-order valence-electron chi connectivity index (χ2n) is 9.24. The van der Waals surface area contributed by atoms with Gasteiger partial charge < -0.3 is 11.1 Å². The van der Waals surface area contributed by atoms with Crippen LogP contribution >= 0.6 is 0 Å². The zero-order chi connectivity index (χ0) is 26.3. The van der Waals surface area contributed by atoms with Crippen LogP contribution in [0.4, 0.5) is 5.82 Å². The van der Waals surface area contributed by atoms with E-state index in [0.29, 0.717) is 34.2 Å². The average molecular weight is 515 g/mol. The number of nitrogens with zero attached hydrogens (tertiary/aromatic N) is 8. The molecule has 0 radical (unpaired) electrons. The maximum absolute atomic E-state index is 12.7. The first-order valence-corrected chi connectivity index (χ1v) is 12.4. The van der Waals surface area contributed by atoms with Crippen LogP contribution in [-0.4, -0.2) is 45.2 Å². The first-order valence-electron chi connectivity index (χ1n) is 12.4. The van der Waals surface area contributed by atoms with E-state index in [-0.39, 0.29) is 11.9 Å². The molecule has 5 heterocycles. The highest BCUT2D eigenvalue weighted by Crippen LogP contribution is 2.36. The van der Waals surface area contributed by atoms with Crippen molar-refractivity contribution >= 4 is 22.9 Å². The van der Waals surface area contributed by atoms with Gasteiger partial charge in [0, 0.05) is 36.7 Å². The predicted molar refractivity (Wildman–Crippen MR) is 144 cm³/mol. The van der Waals surface area contributed by atoms with E-state index in [1.165, 1.54) is 18.7 Å². The third-order valence-corrected chi connectivity index (χ3v) is 6.90. The minimum absolute atomic E-state index is 0.0979. The van der Waals surface area contributed by atoms with Crippen LogP contribution in [0.2, 0.25) is 0 Å². The van der Waals surface area contributed by atoms with Crippen LogP contribution in [0.25, 0.3) is 34.1 Å². The summed E-state index contributed by atoms with van der Waals surface area (Å²) in [6, 6.07) is 15.5. The molecule has 0 bridgehead atoms. The van der Waals surface area contributed by atoms with Gasteiger partial charge in [0.15, 0.2) is 17.3 Å². The molecular formula is C28H22N10O. The quantitative estimate of drug-likeness (QED) is 0.356. The van der Waals surface area contributed by atoms with Gasteiger partial charge in [-0.3, -0.25) is 9.36 Å². The summed E-state index contributed by atoms with van der Waals surface area (Å²) in [5.74, 6) is 1.51. The molecule has 0 saturated heterocycles. The molecule has 11 heteroatoms. The largest absolute Gasteiger partial charge is 0.383 e. The summed E-state index contributed by atoms with van der Waals surface area (Å²) in [7, 11) is 0. The van der Waals surface area contributed by atoms with E-state index >= 15 is 0 Å². The number of nitrogens with two attached hydrogens (primary N) is 1. The van der Waals surface area contributed by atoms with E-state index in [0.717, 1.165) is 35.2 Å². The molecule has 5 aromatic heterocycles. The van der Waals surface area contributed by atoms with Crippen LogP contribution in [0.3, 0.4) is 0 Å². The summed E-state index contributed by atoms with van der Waals surface area (Å²) < 4.78 is 3.71. The Morgan fingerprint density at radius 2 is 1.92 bits per heavy atom. The summed E-state index contributed by atoms with van der Waals surface area (Å²) in [5, 5.41) is 7.45. The van der Waals surface area contributed by atoms with Crippen LogP contribution in [0.1, 0.15) is 33.9 Å². The average Bonchev–Trinajstić information content (AvgIpc) is 3.72. The van der Waals surface area contributed by atoms with Crippen LogP contribution in [0.15, 0.2) is 85.8 Å². The van der Waals surface area contributed by atoms with Crippen molar-refractivity contribution in [1.82, 2.24) is 44.6 Å². The van der Waals surface area contributed by atoms with Crippen LogP contribution in [-0.2, 0) is 6.42 Å². The molecule has 11 nitrogen and oxygen atoms in total. The molecule has 1 amide bonds. The number of nitrogen functional groups attached to an aromatic ring is 1. The lowest BCUT2D eigenvalue weighted by atomic mass is 10.1. The van der Waals surface area contributed by atoms with Gasteiger partial charge in [-0.2, -0.15) is 5.10 Å². The number of pyridine rings is 2. The van der Waals surface area contributed by atoms with Crippen molar-refractivity contribution < 1.29 is 4.79 Å². The molecule has 190 valence electrons. The lowest BCUT2D eigenvalue weighted by Crippen LogP contribution is -2.27. The SMILES string of the molecule is Nc1ncccc1-c1nc2ccc(-n3cccn3)nc2n1-c1ccc2c(c1)CC[C@@H]2NC(=O)c1cncnc1. The number of hydrogen-bond acceptors (Lipinski definition) is 8. The van der Waals surface area contributed by atoms with Gasteiger partial charge in [-0.1, -0.05) is 6.07 Å². The number of carbonyl (C=O) groups is 1. The first-order chi connectivity index (χ1) is 19.2. The maximum atomic E-state index is 12.7. The van der Waals surface area contributed by atoms with Gasteiger partial charge in [0.05, 0.1) is 17.2 Å². The van der Waals surface area contributed by atoms with E-state index in [1.54, 1.807) is 17.1 Å². The Morgan fingerprint density at radius 1 is 1.03 bits per heavy atom. The molecule has 1 aromatic carbocycles. The third kappa shape index (κ3) is 3.96. The number of nitrogens with one attached hydrogen (secondary N) is 1. The van der Waals surface area contributed by atoms with Gasteiger partial charge in [-0.05, 0) is 66.4 Å². The van der Waals surface area contributed by atoms with Crippen LogP contribution in [0.5, 0.6) is 0 Å². The highest BCUT2D eigenvalue weighted by molar-refractivity contribution is 5.94. The van der Waals surface area contributed by atoms with E-state index in [2.05, 4.69) is 37.5 Å². The monoisotopic (exact) mass is 514 g/mol. The summed E-state index contributed by atoms with van der Waals surface area (Å²) in [6.45, 7) is 0. The third-order valence-electron chi connectivity index (χ3n) is 6.90. The Kier molecular flexibility index (Phi) is 5.32. The number of aryl methyl sites for hydroxylation is 1. The molecule has 0 saturated carbocycles. The zero-order valence-corrected chi connectivity index (χ0v) is 20.6. The Bertz CT molecular complexity index is 1830. The molecule has 0 aliphatic heterocycles. The molecule has 1 atom stereocenters. The number of benzene rings is 1. The lowest BCUT2D eigenvalue weighted by molar-refractivity contribution is 0.0936. The number of aromatic nitrogens is 8. The number of amides is 1. The van der Waals surface area contributed by atoms with Gasteiger partial charge in [0.2, 0.25) is 0 Å². The lowest BCUT2D eigenvalue weighted by Gasteiger charge is -2.15. The van der Waals surface area contributed by atoms with E-state index < -0.39 is 0 Å². The molecular weight excluding hydrogens is 492 g/mol. The smallest absolute Gasteiger partial charge is 0.254 e. The fraction of sp³-hybridized carbons (Fsp3) is 0.107. The molecule has 0 unspecified atom stereocenters. The van der Waals surface area contributed by atoms with E-state index in [1.807, 2.05) is 47.2 Å². The topological polar surface area (TPSA) is 142 Å². The van der Waals surface area contributed by atoms with E-state index in [4.69, 9.17) is 15.7 Å². The molecule has 1 aliphatic rings. The van der Waals surface area contributed by atoms with Gasteiger partial charge >= 0.3 is 0 Å². The Hall–Kier alpha value is -5.45. The second kappa shape index (κ2) is 9.14. The van der Waals surface area contributed by atoms with Crippen molar-refractivity contribution in [1.29, 1.82) is 0 Å². The molecule has 6 aromatic rings. The normalized spacial score (nSPS) is 14.4.